The summed E-state index contributed by atoms with van der Waals surface area (Å²) in [4.78, 5) is 26.9. The second kappa shape index (κ2) is 7.08. The van der Waals surface area contributed by atoms with Gasteiger partial charge in [0.25, 0.3) is 0 Å². The van der Waals surface area contributed by atoms with Gasteiger partial charge < -0.3 is 15.4 Å². The Morgan fingerprint density at radius 2 is 2.21 bits per heavy atom. The summed E-state index contributed by atoms with van der Waals surface area (Å²) in [5.74, 6) is -0.707. The molecule has 8 nitrogen and oxygen atoms in total. The largest absolute Gasteiger partial charge is 0.490 e. The van der Waals surface area contributed by atoms with E-state index in [0.717, 1.165) is 12.8 Å². The van der Waals surface area contributed by atoms with Gasteiger partial charge >= 0.3 is 5.95 Å². The Balaban J connectivity index is 1.62. The lowest BCUT2D eigenvalue weighted by atomic mass is 9.73. The molecule has 0 unspecified atom stereocenters. The van der Waals surface area contributed by atoms with E-state index in [-0.39, 0.29) is 17.9 Å². The second-order valence-electron chi connectivity index (χ2n) is 6.09. The number of hydrogen-bond donors (Lipinski definition) is 1. The van der Waals surface area contributed by atoms with Crippen molar-refractivity contribution in [1.82, 2.24) is 20.1 Å². The molecule has 0 spiro atoms. The van der Waals surface area contributed by atoms with Crippen LogP contribution in [0, 0.1) is 10.1 Å². The molecule has 0 aliphatic heterocycles. The maximum absolute atomic E-state index is 12.2. The molecule has 0 atom stereocenters. The van der Waals surface area contributed by atoms with Crippen LogP contribution in [0.4, 0.5) is 5.95 Å². The SMILES string of the molecule is O=C(Cn1cnc([N+](=O)[O-])n1)NCC1(c2cccs2)CCCCC1. The van der Waals surface area contributed by atoms with Crippen LogP contribution in [0.5, 0.6) is 0 Å². The smallest absolute Gasteiger partial charge is 0.390 e. The summed E-state index contributed by atoms with van der Waals surface area (Å²) in [7, 11) is 0. The van der Waals surface area contributed by atoms with Crippen molar-refractivity contribution in [1.29, 1.82) is 0 Å². The summed E-state index contributed by atoms with van der Waals surface area (Å²) in [5.41, 5.74) is 0.0104. The highest BCUT2D eigenvalue weighted by atomic mass is 32.1. The minimum absolute atomic E-state index is 0.0104. The van der Waals surface area contributed by atoms with Crippen molar-refractivity contribution in [3.8, 4) is 0 Å². The number of amides is 1. The van der Waals surface area contributed by atoms with Gasteiger partial charge in [0, 0.05) is 21.9 Å². The van der Waals surface area contributed by atoms with Gasteiger partial charge in [-0.2, -0.15) is 4.68 Å². The first-order chi connectivity index (χ1) is 11.6. The first-order valence-corrected chi connectivity index (χ1v) is 8.82. The van der Waals surface area contributed by atoms with E-state index in [9.17, 15) is 14.9 Å². The van der Waals surface area contributed by atoms with Crippen molar-refractivity contribution in [3.63, 3.8) is 0 Å². The number of carbonyl (C=O) groups excluding carboxylic acids is 1. The normalized spacial score (nSPS) is 16.7. The molecule has 128 valence electrons. The van der Waals surface area contributed by atoms with Crippen LogP contribution in [0.3, 0.4) is 0 Å². The molecule has 1 fully saturated rings. The van der Waals surface area contributed by atoms with E-state index >= 15 is 0 Å². The van der Waals surface area contributed by atoms with Crippen molar-refractivity contribution in [3.05, 3.63) is 38.8 Å². The van der Waals surface area contributed by atoms with E-state index in [4.69, 9.17) is 0 Å². The van der Waals surface area contributed by atoms with Gasteiger partial charge in [0.05, 0.1) is 0 Å². The zero-order chi connectivity index (χ0) is 17.0. The number of nitro groups is 1. The molecular weight excluding hydrogens is 330 g/mol. The average Bonchev–Trinajstić information content (AvgIpc) is 3.26. The summed E-state index contributed by atoms with van der Waals surface area (Å²) >= 11 is 1.74. The Hall–Kier alpha value is -2.29. The third kappa shape index (κ3) is 3.61. The van der Waals surface area contributed by atoms with E-state index in [1.54, 1.807) is 11.3 Å². The Morgan fingerprint density at radius 1 is 1.42 bits per heavy atom. The Bertz CT molecular complexity index is 707. The molecule has 24 heavy (non-hydrogen) atoms. The zero-order valence-electron chi connectivity index (χ0n) is 13.2. The number of aromatic nitrogens is 3. The van der Waals surface area contributed by atoms with Crippen molar-refractivity contribution in [2.24, 2.45) is 0 Å². The molecule has 3 rings (SSSR count). The van der Waals surface area contributed by atoms with E-state index in [2.05, 4.69) is 26.8 Å². The molecule has 2 aromatic rings. The fraction of sp³-hybridized carbons (Fsp3) is 0.533. The van der Waals surface area contributed by atoms with E-state index < -0.39 is 10.9 Å². The molecule has 1 aliphatic rings. The predicted octanol–water partition coefficient (Wildman–Crippen LogP) is 2.27. The van der Waals surface area contributed by atoms with Crippen LogP contribution in [-0.2, 0) is 16.8 Å². The van der Waals surface area contributed by atoms with Gasteiger partial charge in [0.1, 0.15) is 6.54 Å². The zero-order valence-corrected chi connectivity index (χ0v) is 14.0. The lowest BCUT2D eigenvalue weighted by Gasteiger charge is -2.36. The first kappa shape index (κ1) is 16.6. The summed E-state index contributed by atoms with van der Waals surface area (Å²) in [6.07, 6.45) is 6.92. The molecule has 1 aliphatic carbocycles. The van der Waals surface area contributed by atoms with Crippen LogP contribution in [0.2, 0.25) is 0 Å². The van der Waals surface area contributed by atoms with Crippen molar-refractivity contribution in [2.75, 3.05) is 6.54 Å². The number of nitrogens with zero attached hydrogens (tertiary/aromatic N) is 4. The number of carbonyl (C=O) groups is 1. The highest BCUT2D eigenvalue weighted by Gasteiger charge is 2.35. The molecule has 0 bridgehead atoms. The minimum atomic E-state index is -0.678. The second-order valence-corrected chi connectivity index (χ2v) is 7.04. The van der Waals surface area contributed by atoms with E-state index in [1.807, 2.05) is 6.07 Å². The Labute approximate surface area is 143 Å². The number of thiophene rings is 1. The van der Waals surface area contributed by atoms with Gasteiger partial charge in [0.15, 0.2) is 0 Å². The van der Waals surface area contributed by atoms with Crippen LogP contribution in [0.1, 0.15) is 37.0 Å². The number of nitrogens with one attached hydrogen (secondary N) is 1. The molecule has 2 aromatic heterocycles. The van der Waals surface area contributed by atoms with Gasteiger partial charge in [-0.3, -0.25) is 4.79 Å². The summed E-state index contributed by atoms with van der Waals surface area (Å²) in [6.45, 7) is 0.518. The first-order valence-electron chi connectivity index (χ1n) is 7.94. The quantitative estimate of drug-likeness (QED) is 0.636. The molecule has 0 aromatic carbocycles. The van der Waals surface area contributed by atoms with Gasteiger partial charge in [-0.1, -0.05) is 30.3 Å². The van der Waals surface area contributed by atoms with Crippen LogP contribution in [0.15, 0.2) is 23.8 Å². The lowest BCUT2D eigenvalue weighted by Crippen LogP contribution is -2.42. The fourth-order valence-corrected chi connectivity index (χ4v) is 4.22. The standard InChI is InChI=1S/C15H19N5O3S/c21-13(9-19-11-17-14(18-19)20(22)23)16-10-15(6-2-1-3-7-15)12-5-4-8-24-12/h4-5,8,11H,1-3,6-7,9-10H2,(H,16,21). The monoisotopic (exact) mass is 349 g/mol. The van der Waals surface area contributed by atoms with E-state index in [1.165, 1.54) is 35.1 Å². The maximum atomic E-state index is 12.2. The highest BCUT2D eigenvalue weighted by molar-refractivity contribution is 7.10. The molecule has 9 heteroatoms. The molecule has 0 saturated heterocycles. The van der Waals surface area contributed by atoms with E-state index in [0.29, 0.717) is 6.54 Å². The van der Waals surface area contributed by atoms with Crippen molar-refractivity contribution in [2.45, 2.75) is 44.1 Å². The van der Waals surface area contributed by atoms with Gasteiger partial charge in [-0.25, -0.2) is 0 Å². The van der Waals surface area contributed by atoms with Gasteiger partial charge in [-0.15, -0.1) is 11.3 Å². The van der Waals surface area contributed by atoms with Crippen molar-refractivity contribution < 1.29 is 9.72 Å². The van der Waals surface area contributed by atoms with Gasteiger partial charge in [-0.05, 0) is 29.2 Å². The molecule has 0 radical (unpaired) electrons. The maximum Gasteiger partial charge on any atom is 0.490 e. The average molecular weight is 349 g/mol. The van der Waals surface area contributed by atoms with Gasteiger partial charge in [0.2, 0.25) is 12.2 Å². The van der Waals surface area contributed by atoms with Crippen LogP contribution in [-0.4, -0.2) is 32.1 Å². The number of rotatable bonds is 6. The summed E-state index contributed by atoms with van der Waals surface area (Å²) in [5, 5.41) is 19.3. The number of hydrogen-bond acceptors (Lipinski definition) is 6. The molecule has 2 heterocycles. The topological polar surface area (TPSA) is 103 Å². The molecule has 1 N–H and O–H groups in total. The van der Waals surface area contributed by atoms with Crippen molar-refractivity contribution >= 4 is 23.2 Å². The van der Waals surface area contributed by atoms with Crippen LogP contribution >= 0.6 is 11.3 Å². The molecule has 1 amide bonds. The molecular formula is C15H19N5O3S. The van der Waals surface area contributed by atoms with Crippen LogP contribution in [0.25, 0.3) is 0 Å². The Kier molecular flexibility index (Phi) is 4.89. The summed E-state index contributed by atoms with van der Waals surface area (Å²) < 4.78 is 1.19. The fourth-order valence-electron chi connectivity index (χ4n) is 3.23. The third-order valence-corrected chi connectivity index (χ3v) is 5.59. The van der Waals surface area contributed by atoms with Crippen LogP contribution < -0.4 is 5.32 Å². The summed E-state index contributed by atoms with van der Waals surface area (Å²) in [6, 6.07) is 4.19. The third-order valence-electron chi connectivity index (χ3n) is 4.47. The lowest BCUT2D eigenvalue weighted by molar-refractivity contribution is -0.394. The molecule has 1 saturated carbocycles. The Morgan fingerprint density at radius 3 is 2.83 bits per heavy atom. The minimum Gasteiger partial charge on any atom is -0.390 e. The highest BCUT2D eigenvalue weighted by Crippen LogP contribution is 2.41. The predicted molar refractivity (Wildman–Crippen MR) is 88.8 cm³/mol.